The Kier molecular flexibility index (Phi) is 3.32. The van der Waals surface area contributed by atoms with Crippen LogP contribution in [0.15, 0.2) is 43.5 Å². The number of allylic oxidation sites excluding steroid dienone is 2. The normalized spacial score (nSPS) is 9.54. The van der Waals surface area contributed by atoms with Crippen LogP contribution >= 0.6 is 0 Å². The Morgan fingerprint density at radius 2 is 1.85 bits per heavy atom. The number of benzene rings is 1. The monoisotopic (exact) mass is 173 g/mol. The first-order chi connectivity index (χ1) is 6.27. The fraction of sp³-hybridized carbons (Fsp3) is 0.167. The third-order valence-corrected chi connectivity index (χ3v) is 1.88. The zero-order valence-electron chi connectivity index (χ0n) is 7.62. The summed E-state index contributed by atoms with van der Waals surface area (Å²) in [6.45, 7) is 7.23. The van der Waals surface area contributed by atoms with Crippen LogP contribution in [-0.4, -0.2) is 0 Å². The molecule has 1 nitrogen and oxygen atoms in total. The Balaban J connectivity index is 2.90. The lowest BCUT2D eigenvalue weighted by Gasteiger charge is -2.01. The molecule has 0 spiro atoms. The summed E-state index contributed by atoms with van der Waals surface area (Å²) in [5, 5.41) is 11.4. The largest absolute Gasteiger partial charge is 0.290 e. The van der Waals surface area contributed by atoms with E-state index >= 15 is 0 Å². The minimum atomic E-state index is 0.0965. The van der Waals surface area contributed by atoms with Crippen molar-refractivity contribution < 1.29 is 5.11 Å². The van der Waals surface area contributed by atoms with Crippen molar-refractivity contribution in [3.8, 4) is 5.75 Å². The molecular formula is C12H13O. The van der Waals surface area contributed by atoms with E-state index < -0.39 is 0 Å². The first-order valence-electron chi connectivity index (χ1n) is 4.28. The van der Waals surface area contributed by atoms with Gasteiger partial charge in [-0.15, -0.1) is 13.2 Å². The lowest BCUT2D eigenvalue weighted by Crippen LogP contribution is -1.85. The smallest absolute Gasteiger partial charge is 0.182 e. The number of rotatable bonds is 4. The van der Waals surface area contributed by atoms with Crippen LogP contribution < -0.4 is 0 Å². The summed E-state index contributed by atoms with van der Waals surface area (Å²) in [4.78, 5) is 0. The Bertz CT molecular complexity index is 313. The second-order valence-corrected chi connectivity index (χ2v) is 2.93. The van der Waals surface area contributed by atoms with Crippen LogP contribution in [0.3, 0.4) is 0 Å². The maximum atomic E-state index is 11.4. The fourth-order valence-electron chi connectivity index (χ4n) is 1.22. The standard InChI is InChI=1S/C12H13O/c1-3-5-10-7-8-11(6-4-2)12(13)9-10/h3-4,7-9H,1-2,5-6H2. The SMILES string of the molecule is C=CCc1ccc(CC=C)c([O])c1. The molecule has 0 atom stereocenters. The highest BCUT2D eigenvalue weighted by molar-refractivity contribution is 5.37. The predicted octanol–water partition coefficient (Wildman–Crippen LogP) is 3.29. The van der Waals surface area contributed by atoms with Gasteiger partial charge in [-0.05, 0) is 24.5 Å². The lowest BCUT2D eigenvalue weighted by atomic mass is 10.1. The van der Waals surface area contributed by atoms with Crippen LogP contribution in [0.25, 0.3) is 0 Å². The van der Waals surface area contributed by atoms with Gasteiger partial charge in [-0.3, -0.25) is 5.11 Å². The molecule has 0 aliphatic rings. The van der Waals surface area contributed by atoms with Gasteiger partial charge >= 0.3 is 0 Å². The first-order valence-corrected chi connectivity index (χ1v) is 4.28. The van der Waals surface area contributed by atoms with Crippen molar-refractivity contribution in [2.24, 2.45) is 0 Å². The van der Waals surface area contributed by atoms with Crippen LogP contribution in [-0.2, 0) is 17.9 Å². The molecule has 0 bridgehead atoms. The highest BCUT2D eigenvalue weighted by Gasteiger charge is 2.01. The van der Waals surface area contributed by atoms with E-state index in [0.717, 1.165) is 17.5 Å². The van der Waals surface area contributed by atoms with Gasteiger partial charge in [-0.25, -0.2) is 0 Å². The molecule has 1 heteroatoms. The molecule has 0 aromatic heterocycles. The summed E-state index contributed by atoms with van der Waals surface area (Å²) >= 11 is 0. The van der Waals surface area contributed by atoms with Crippen molar-refractivity contribution in [2.75, 3.05) is 0 Å². The summed E-state index contributed by atoms with van der Waals surface area (Å²) < 4.78 is 0. The highest BCUT2D eigenvalue weighted by Crippen LogP contribution is 2.20. The third kappa shape index (κ3) is 2.48. The molecule has 0 aliphatic heterocycles. The van der Waals surface area contributed by atoms with Crippen molar-refractivity contribution in [1.82, 2.24) is 0 Å². The Morgan fingerprint density at radius 1 is 1.15 bits per heavy atom. The average Bonchev–Trinajstić information content (AvgIpc) is 2.10. The highest BCUT2D eigenvalue weighted by atomic mass is 16.3. The van der Waals surface area contributed by atoms with E-state index in [4.69, 9.17) is 0 Å². The molecule has 0 heterocycles. The molecule has 0 N–H and O–H groups in total. The first kappa shape index (κ1) is 9.59. The van der Waals surface area contributed by atoms with Crippen molar-refractivity contribution in [3.05, 3.63) is 54.6 Å². The summed E-state index contributed by atoms with van der Waals surface area (Å²) in [6.07, 6.45) is 4.93. The van der Waals surface area contributed by atoms with E-state index in [0.29, 0.717) is 6.42 Å². The molecule has 0 aliphatic carbocycles. The summed E-state index contributed by atoms with van der Waals surface area (Å²) in [6, 6.07) is 5.49. The number of hydrogen-bond donors (Lipinski definition) is 0. The van der Waals surface area contributed by atoms with Gasteiger partial charge in [0.2, 0.25) is 0 Å². The predicted molar refractivity (Wildman–Crippen MR) is 54.4 cm³/mol. The third-order valence-electron chi connectivity index (χ3n) is 1.88. The second kappa shape index (κ2) is 4.51. The number of hydrogen-bond acceptors (Lipinski definition) is 0. The molecule has 0 saturated heterocycles. The van der Waals surface area contributed by atoms with Gasteiger partial charge in [-0.1, -0.05) is 24.3 Å². The lowest BCUT2D eigenvalue weighted by molar-refractivity contribution is 0.350. The van der Waals surface area contributed by atoms with E-state index in [-0.39, 0.29) is 5.75 Å². The molecule has 0 unspecified atom stereocenters. The maximum Gasteiger partial charge on any atom is 0.182 e. The van der Waals surface area contributed by atoms with Crippen molar-refractivity contribution in [1.29, 1.82) is 0 Å². The van der Waals surface area contributed by atoms with Gasteiger partial charge in [0.05, 0.1) is 0 Å². The molecule has 0 saturated carbocycles. The Morgan fingerprint density at radius 3 is 2.38 bits per heavy atom. The van der Waals surface area contributed by atoms with E-state index in [1.807, 2.05) is 12.1 Å². The van der Waals surface area contributed by atoms with Gasteiger partial charge < -0.3 is 0 Å². The minimum Gasteiger partial charge on any atom is -0.290 e. The summed E-state index contributed by atoms with van der Waals surface area (Å²) in [5.41, 5.74) is 1.83. The van der Waals surface area contributed by atoms with Crippen LogP contribution in [0.1, 0.15) is 11.1 Å². The minimum absolute atomic E-state index is 0.0965. The Hall–Kier alpha value is -1.50. The summed E-state index contributed by atoms with van der Waals surface area (Å²) in [5.74, 6) is 0.0965. The van der Waals surface area contributed by atoms with Crippen LogP contribution in [0.2, 0.25) is 0 Å². The quantitative estimate of drug-likeness (QED) is 0.623. The zero-order valence-corrected chi connectivity index (χ0v) is 7.62. The van der Waals surface area contributed by atoms with Crippen molar-refractivity contribution >= 4 is 0 Å². The molecule has 0 fully saturated rings. The van der Waals surface area contributed by atoms with Gasteiger partial charge in [-0.2, -0.15) is 0 Å². The van der Waals surface area contributed by atoms with Crippen LogP contribution in [0.5, 0.6) is 5.75 Å². The van der Waals surface area contributed by atoms with E-state index in [1.165, 1.54) is 0 Å². The average molecular weight is 173 g/mol. The molecule has 1 radical (unpaired) electrons. The molecule has 13 heavy (non-hydrogen) atoms. The molecule has 1 aromatic rings. The topological polar surface area (TPSA) is 19.9 Å². The van der Waals surface area contributed by atoms with Gasteiger partial charge in [0.1, 0.15) is 0 Å². The summed E-state index contributed by atoms with van der Waals surface area (Å²) in [7, 11) is 0. The molecule has 0 amide bonds. The Labute approximate surface area is 79.0 Å². The van der Waals surface area contributed by atoms with Gasteiger partial charge in [0.25, 0.3) is 0 Å². The van der Waals surface area contributed by atoms with E-state index in [2.05, 4.69) is 13.2 Å². The van der Waals surface area contributed by atoms with Crippen LogP contribution in [0.4, 0.5) is 0 Å². The van der Waals surface area contributed by atoms with E-state index in [1.54, 1.807) is 18.2 Å². The van der Waals surface area contributed by atoms with Gasteiger partial charge in [0.15, 0.2) is 5.75 Å². The zero-order chi connectivity index (χ0) is 9.68. The van der Waals surface area contributed by atoms with Gasteiger partial charge in [0, 0.05) is 5.56 Å². The van der Waals surface area contributed by atoms with Crippen molar-refractivity contribution in [3.63, 3.8) is 0 Å². The molecule has 1 aromatic carbocycles. The fourth-order valence-corrected chi connectivity index (χ4v) is 1.22. The van der Waals surface area contributed by atoms with Crippen molar-refractivity contribution in [2.45, 2.75) is 12.8 Å². The maximum absolute atomic E-state index is 11.4. The molecule has 1 rings (SSSR count). The molecule has 67 valence electrons. The second-order valence-electron chi connectivity index (χ2n) is 2.93. The van der Waals surface area contributed by atoms with Crippen LogP contribution in [0, 0.1) is 0 Å². The van der Waals surface area contributed by atoms with E-state index in [9.17, 15) is 5.11 Å². The molecular weight excluding hydrogens is 160 g/mol.